The van der Waals surface area contributed by atoms with Crippen LogP contribution >= 0.6 is 11.6 Å². The van der Waals surface area contributed by atoms with Crippen LogP contribution in [0, 0.1) is 0 Å². The molecule has 0 aliphatic carbocycles. The molecule has 3 N–H and O–H groups in total. The van der Waals surface area contributed by atoms with Crippen molar-refractivity contribution in [1.82, 2.24) is 4.90 Å². The molecule has 0 saturated heterocycles. The molecule has 5 heteroatoms. The van der Waals surface area contributed by atoms with Crippen molar-refractivity contribution >= 4 is 28.9 Å². The molecular formula is C16H26ClN3O. The lowest BCUT2D eigenvalue weighted by atomic mass is 10.2. The van der Waals surface area contributed by atoms with Crippen LogP contribution in [-0.4, -0.2) is 29.9 Å². The molecule has 0 aromatic heterocycles. The highest BCUT2D eigenvalue weighted by atomic mass is 35.5. The smallest absolute Gasteiger partial charge is 0.238 e. The van der Waals surface area contributed by atoms with Crippen LogP contribution in [0.4, 0.5) is 11.4 Å². The van der Waals surface area contributed by atoms with Crippen molar-refractivity contribution in [2.75, 3.05) is 24.1 Å². The zero-order valence-electron chi connectivity index (χ0n) is 13.2. The second-order valence-corrected chi connectivity index (χ2v) is 5.99. The highest BCUT2D eigenvalue weighted by Crippen LogP contribution is 2.22. The summed E-state index contributed by atoms with van der Waals surface area (Å²) in [5.41, 5.74) is 6.94. The van der Waals surface area contributed by atoms with Crippen LogP contribution in [0.15, 0.2) is 18.2 Å². The molecular weight excluding hydrogens is 286 g/mol. The minimum absolute atomic E-state index is 0.0610. The lowest BCUT2D eigenvalue weighted by Gasteiger charge is -2.25. The third kappa shape index (κ3) is 6.36. The molecule has 1 amide bonds. The molecule has 0 aliphatic rings. The Morgan fingerprint density at radius 2 is 2.10 bits per heavy atom. The SMILES string of the molecule is CCCCCN(CC(=O)Nc1cc(Cl)ccc1N)C(C)C. The molecule has 4 nitrogen and oxygen atoms in total. The van der Waals surface area contributed by atoms with Gasteiger partial charge in [-0.05, 0) is 45.0 Å². The number of unbranched alkanes of at least 4 members (excludes halogenated alkanes) is 2. The average Bonchev–Trinajstić information content (AvgIpc) is 2.42. The molecule has 0 heterocycles. The molecule has 21 heavy (non-hydrogen) atoms. The van der Waals surface area contributed by atoms with Crippen molar-refractivity contribution in [2.24, 2.45) is 0 Å². The van der Waals surface area contributed by atoms with Crippen LogP contribution in [0.5, 0.6) is 0 Å². The summed E-state index contributed by atoms with van der Waals surface area (Å²) in [4.78, 5) is 14.3. The predicted molar refractivity (Wildman–Crippen MR) is 90.7 cm³/mol. The molecule has 0 aliphatic heterocycles. The highest BCUT2D eigenvalue weighted by Gasteiger charge is 2.14. The van der Waals surface area contributed by atoms with Crippen LogP contribution in [0.2, 0.25) is 5.02 Å². The van der Waals surface area contributed by atoms with E-state index in [0.29, 0.717) is 29.0 Å². The highest BCUT2D eigenvalue weighted by molar-refractivity contribution is 6.31. The van der Waals surface area contributed by atoms with Crippen molar-refractivity contribution in [2.45, 2.75) is 46.1 Å². The summed E-state index contributed by atoms with van der Waals surface area (Å²) in [5, 5.41) is 3.40. The van der Waals surface area contributed by atoms with Gasteiger partial charge in [-0.3, -0.25) is 9.69 Å². The standard InChI is InChI=1S/C16H26ClN3O/c1-4-5-6-9-20(12(2)3)11-16(21)19-15-10-13(17)7-8-14(15)18/h7-8,10,12H,4-6,9,11,18H2,1-3H3,(H,19,21). The number of halogens is 1. The lowest BCUT2D eigenvalue weighted by molar-refractivity contribution is -0.117. The second-order valence-electron chi connectivity index (χ2n) is 5.55. The van der Waals surface area contributed by atoms with Gasteiger partial charge in [0.15, 0.2) is 0 Å². The molecule has 0 atom stereocenters. The minimum atomic E-state index is -0.0610. The van der Waals surface area contributed by atoms with Crippen LogP contribution in [0.25, 0.3) is 0 Å². The number of carbonyl (C=O) groups excluding carboxylic acids is 1. The zero-order valence-corrected chi connectivity index (χ0v) is 13.9. The molecule has 1 aromatic carbocycles. The average molecular weight is 312 g/mol. The first-order chi connectivity index (χ1) is 9.93. The van der Waals surface area contributed by atoms with E-state index in [-0.39, 0.29) is 5.91 Å². The van der Waals surface area contributed by atoms with E-state index in [1.54, 1.807) is 18.2 Å². The van der Waals surface area contributed by atoms with E-state index in [0.717, 1.165) is 13.0 Å². The van der Waals surface area contributed by atoms with Crippen LogP contribution in [0.1, 0.15) is 40.0 Å². The Hall–Kier alpha value is -1.26. The third-order valence-electron chi connectivity index (χ3n) is 3.42. The quantitative estimate of drug-likeness (QED) is 0.567. The monoisotopic (exact) mass is 311 g/mol. The van der Waals surface area contributed by atoms with Gasteiger partial charge in [0.1, 0.15) is 0 Å². The molecule has 1 aromatic rings. The van der Waals surface area contributed by atoms with Gasteiger partial charge in [0.05, 0.1) is 17.9 Å². The predicted octanol–water partition coefficient (Wildman–Crippen LogP) is 3.76. The van der Waals surface area contributed by atoms with Crippen LogP contribution < -0.4 is 11.1 Å². The zero-order chi connectivity index (χ0) is 15.8. The number of carbonyl (C=O) groups is 1. The first-order valence-electron chi connectivity index (χ1n) is 7.53. The lowest BCUT2D eigenvalue weighted by Crippen LogP contribution is -2.38. The van der Waals surface area contributed by atoms with Gasteiger partial charge in [-0.1, -0.05) is 31.4 Å². The number of hydrogen-bond acceptors (Lipinski definition) is 3. The summed E-state index contributed by atoms with van der Waals surface area (Å²) in [6, 6.07) is 5.41. The maximum atomic E-state index is 12.2. The Morgan fingerprint density at radius 1 is 1.38 bits per heavy atom. The van der Waals surface area contributed by atoms with Crippen molar-refractivity contribution in [3.05, 3.63) is 23.2 Å². The molecule has 118 valence electrons. The Kier molecular flexibility index (Phi) is 7.54. The van der Waals surface area contributed by atoms with Crippen molar-refractivity contribution < 1.29 is 4.79 Å². The number of hydrogen-bond donors (Lipinski definition) is 2. The summed E-state index contributed by atoms with van der Waals surface area (Å²) in [7, 11) is 0. The van der Waals surface area contributed by atoms with E-state index >= 15 is 0 Å². The number of nitrogens with two attached hydrogens (primary N) is 1. The fourth-order valence-electron chi connectivity index (χ4n) is 2.10. The summed E-state index contributed by atoms with van der Waals surface area (Å²) in [5.74, 6) is -0.0610. The number of nitrogen functional groups attached to an aromatic ring is 1. The molecule has 0 radical (unpaired) electrons. The molecule has 1 rings (SSSR count). The van der Waals surface area contributed by atoms with Crippen molar-refractivity contribution in [3.63, 3.8) is 0 Å². The van der Waals surface area contributed by atoms with Crippen molar-refractivity contribution in [3.8, 4) is 0 Å². The molecule has 0 unspecified atom stereocenters. The Balaban J connectivity index is 2.59. The number of rotatable bonds is 8. The fraction of sp³-hybridized carbons (Fsp3) is 0.562. The number of benzene rings is 1. The van der Waals surface area contributed by atoms with E-state index in [1.165, 1.54) is 12.8 Å². The first kappa shape index (κ1) is 17.8. The second kappa shape index (κ2) is 8.90. The van der Waals surface area contributed by atoms with Gasteiger partial charge in [0.2, 0.25) is 5.91 Å². The molecule has 0 fully saturated rings. The molecule has 0 spiro atoms. The van der Waals surface area contributed by atoms with Gasteiger partial charge < -0.3 is 11.1 Å². The van der Waals surface area contributed by atoms with Crippen molar-refractivity contribution in [1.29, 1.82) is 0 Å². The summed E-state index contributed by atoms with van der Waals surface area (Å²) >= 11 is 5.92. The fourth-order valence-corrected chi connectivity index (χ4v) is 2.27. The van der Waals surface area contributed by atoms with Crippen LogP contribution in [0.3, 0.4) is 0 Å². The van der Waals surface area contributed by atoms with Gasteiger partial charge in [-0.2, -0.15) is 0 Å². The van der Waals surface area contributed by atoms with Gasteiger partial charge in [-0.25, -0.2) is 0 Å². The summed E-state index contributed by atoms with van der Waals surface area (Å²) in [6.45, 7) is 7.69. The van der Waals surface area contributed by atoms with E-state index in [1.807, 2.05) is 0 Å². The Labute approximate surface area is 132 Å². The molecule has 0 saturated carbocycles. The summed E-state index contributed by atoms with van der Waals surface area (Å²) < 4.78 is 0. The number of amides is 1. The van der Waals surface area contributed by atoms with E-state index in [4.69, 9.17) is 17.3 Å². The topological polar surface area (TPSA) is 58.4 Å². The van der Waals surface area contributed by atoms with Gasteiger partial charge in [0, 0.05) is 11.1 Å². The molecule has 0 bridgehead atoms. The normalized spacial score (nSPS) is 11.1. The minimum Gasteiger partial charge on any atom is -0.397 e. The maximum absolute atomic E-state index is 12.2. The Bertz CT molecular complexity index is 463. The van der Waals surface area contributed by atoms with Gasteiger partial charge in [-0.15, -0.1) is 0 Å². The largest absolute Gasteiger partial charge is 0.397 e. The number of anilines is 2. The van der Waals surface area contributed by atoms with Crippen LogP contribution in [-0.2, 0) is 4.79 Å². The first-order valence-corrected chi connectivity index (χ1v) is 7.90. The number of nitrogens with zero attached hydrogens (tertiary/aromatic N) is 1. The van der Waals surface area contributed by atoms with E-state index < -0.39 is 0 Å². The third-order valence-corrected chi connectivity index (χ3v) is 3.65. The maximum Gasteiger partial charge on any atom is 0.238 e. The van der Waals surface area contributed by atoms with E-state index in [2.05, 4.69) is 31.0 Å². The Morgan fingerprint density at radius 3 is 2.71 bits per heavy atom. The van der Waals surface area contributed by atoms with Gasteiger partial charge in [0.25, 0.3) is 0 Å². The number of nitrogens with one attached hydrogen (secondary N) is 1. The van der Waals surface area contributed by atoms with Gasteiger partial charge >= 0.3 is 0 Å². The summed E-state index contributed by atoms with van der Waals surface area (Å²) in [6.07, 6.45) is 3.48. The van der Waals surface area contributed by atoms with E-state index in [9.17, 15) is 4.79 Å².